The molecule has 162 valence electrons. The van der Waals surface area contributed by atoms with Gasteiger partial charge in [-0.05, 0) is 49.7 Å². The maximum absolute atomic E-state index is 12.8. The van der Waals surface area contributed by atoms with Crippen LogP contribution in [0.2, 0.25) is 0 Å². The summed E-state index contributed by atoms with van der Waals surface area (Å²) in [6.45, 7) is 2.88. The standard InChI is InChI=1S/C19H19F3N2O5S/c1-18(2,12-6-7-15-16(9-12)29-11-28-15)24-17(25)10-23-30(26,27)14-5-3-4-13(8-14)19(20,21)22/h3-9,23H,10-11H2,1-2H3,(H,24,25). The van der Waals surface area contributed by atoms with Crippen LogP contribution < -0.4 is 19.5 Å². The highest BCUT2D eigenvalue weighted by atomic mass is 32.2. The second-order valence-corrected chi connectivity index (χ2v) is 8.86. The van der Waals surface area contributed by atoms with E-state index in [1.807, 2.05) is 4.72 Å². The molecule has 30 heavy (non-hydrogen) atoms. The number of hydrogen-bond acceptors (Lipinski definition) is 5. The van der Waals surface area contributed by atoms with Gasteiger partial charge in [0.2, 0.25) is 22.7 Å². The number of nitrogens with one attached hydrogen (secondary N) is 2. The molecule has 0 bridgehead atoms. The molecule has 0 aliphatic carbocycles. The van der Waals surface area contributed by atoms with E-state index in [0.29, 0.717) is 23.1 Å². The molecule has 0 saturated carbocycles. The Balaban J connectivity index is 1.66. The number of benzene rings is 2. The van der Waals surface area contributed by atoms with Crippen LogP contribution in [-0.2, 0) is 26.5 Å². The zero-order valence-electron chi connectivity index (χ0n) is 16.0. The number of carbonyl (C=O) groups excluding carboxylic acids is 1. The lowest BCUT2D eigenvalue weighted by Crippen LogP contribution is -2.45. The fourth-order valence-electron chi connectivity index (χ4n) is 2.83. The molecule has 0 saturated heterocycles. The number of carbonyl (C=O) groups is 1. The first-order valence-corrected chi connectivity index (χ1v) is 10.2. The van der Waals surface area contributed by atoms with Crippen LogP contribution in [0.15, 0.2) is 47.4 Å². The fraction of sp³-hybridized carbons (Fsp3) is 0.316. The molecule has 0 unspecified atom stereocenters. The summed E-state index contributed by atoms with van der Waals surface area (Å²) in [5.74, 6) is 0.447. The molecule has 0 atom stereocenters. The Labute approximate surface area is 171 Å². The first-order chi connectivity index (χ1) is 13.9. The van der Waals surface area contributed by atoms with E-state index in [1.54, 1.807) is 32.0 Å². The lowest BCUT2D eigenvalue weighted by atomic mass is 9.94. The maximum atomic E-state index is 12.8. The van der Waals surface area contributed by atoms with Crippen molar-refractivity contribution in [2.45, 2.75) is 30.5 Å². The van der Waals surface area contributed by atoms with E-state index in [0.717, 1.165) is 18.2 Å². The minimum atomic E-state index is -4.68. The van der Waals surface area contributed by atoms with Crippen molar-refractivity contribution in [2.24, 2.45) is 0 Å². The SMILES string of the molecule is CC(C)(NC(=O)CNS(=O)(=O)c1cccc(C(F)(F)F)c1)c1ccc2c(c1)OCO2. The van der Waals surface area contributed by atoms with E-state index in [2.05, 4.69) is 5.32 Å². The van der Waals surface area contributed by atoms with Crippen molar-refractivity contribution < 1.29 is 35.9 Å². The average molecular weight is 444 g/mol. The molecule has 2 aromatic carbocycles. The Morgan fingerprint density at radius 2 is 1.73 bits per heavy atom. The topological polar surface area (TPSA) is 93.7 Å². The van der Waals surface area contributed by atoms with Gasteiger partial charge in [0, 0.05) is 0 Å². The number of amides is 1. The quantitative estimate of drug-likeness (QED) is 0.715. The third-order valence-corrected chi connectivity index (χ3v) is 5.84. The molecule has 7 nitrogen and oxygen atoms in total. The second-order valence-electron chi connectivity index (χ2n) is 7.09. The van der Waals surface area contributed by atoms with Crippen LogP contribution in [0, 0.1) is 0 Å². The van der Waals surface area contributed by atoms with E-state index in [4.69, 9.17) is 9.47 Å². The number of hydrogen-bond donors (Lipinski definition) is 2. The first-order valence-electron chi connectivity index (χ1n) is 8.76. The lowest BCUT2D eigenvalue weighted by molar-refractivity contribution is -0.137. The Hall–Kier alpha value is -2.79. The van der Waals surface area contributed by atoms with Crippen molar-refractivity contribution in [3.05, 3.63) is 53.6 Å². The van der Waals surface area contributed by atoms with E-state index in [1.165, 1.54) is 0 Å². The van der Waals surface area contributed by atoms with Gasteiger partial charge in [-0.3, -0.25) is 4.79 Å². The van der Waals surface area contributed by atoms with Crippen molar-refractivity contribution in [1.29, 1.82) is 0 Å². The molecule has 11 heteroatoms. The molecule has 1 aliphatic rings. The van der Waals surface area contributed by atoms with E-state index < -0.39 is 44.6 Å². The van der Waals surface area contributed by atoms with Gasteiger partial charge in [0.05, 0.1) is 22.5 Å². The summed E-state index contributed by atoms with van der Waals surface area (Å²) >= 11 is 0. The van der Waals surface area contributed by atoms with Crippen LogP contribution >= 0.6 is 0 Å². The number of sulfonamides is 1. The minimum Gasteiger partial charge on any atom is -0.454 e. The van der Waals surface area contributed by atoms with E-state index in [-0.39, 0.29) is 6.79 Å². The van der Waals surface area contributed by atoms with Gasteiger partial charge in [0.25, 0.3) is 0 Å². The number of ether oxygens (including phenoxy) is 2. The van der Waals surface area contributed by atoms with Crippen LogP contribution in [0.1, 0.15) is 25.0 Å². The molecule has 0 spiro atoms. The molecular weight excluding hydrogens is 425 g/mol. The summed E-state index contributed by atoms with van der Waals surface area (Å²) in [4.78, 5) is 11.7. The number of rotatable bonds is 6. The van der Waals surface area contributed by atoms with E-state index in [9.17, 15) is 26.4 Å². The van der Waals surface area contributed by atoms with Crippen LogP contribution in [0.5, 0.6) is 11.5 Å². The van der Waals surface area contributed by atoms with Crippen molar-refractivity contribution in [1.82, 2.24) is 10.0 Å². The molecule has 1 amide bonds. The number of fused-ring (bicyclic) bond motifs is 1. The molecule has 3 rings (SSSR count). The molecule has 0 radical (unpaired) electrons. The molecule has 0 fully saturated rings. The third-order valence-electron chi connectivity index (χ3n) is 4.44. The molecule has 0 aromatic heterocycles. The normalized spacial score (nSPS) is 13.9. The van der Waals surface area contributed by atoms with Gasteiger partial charge in [-0.1, -0.05) is 12.1 Å². The van der Waals surface area contributed by atoms with Crippen molar-refractivity contribution in [3.8, 4) is 11.5 Å². The monoisotopic (exact) mass is 444 g/mol. The van der Waals surface area contributed by atoms with Gasteiger partial charge >= 0.3 is 6.18 Å². The first kappa shape index (κ1) is 21.9. The Kier molecular flexibility index (Phi) is 5.70. The second kappa shape index (κ2) is 7.80. The maximum Gasteiger partial charge on any atom is 0.416 e. The van der Waals surface area contributed by atoms with Gasteiger partial charge in [0.1, 0.15) is 0 Å². The predicted molar refractivity (Wildman–Crippen MR) is 100 cm³/mol. The Morgan fingerprint density at radius 1 is 1.03 bits per heavy atom. The molecule has 2 aromatic rings. The van der Waals surface area contributed by atoms with Gasteiger partial charge in [-0.2, -0.15) is 13.2 Å². The molecule has 2 N–H and O–H groups in total. The minimum absolute atomic E-state index is 0.100. The average Bonchev–Trinajstić information content (AvgIpc) is 3.13. The molecule has 1 heterocycles. The molecule has 1 aliphatic heterocycles. The summed E-state index contributed by atoms with van der Waals surface area (Å²) < 4.78 is 75.6. The summed E-state index contributed by atoms with van der Waals surface area (Å²) in [6, 6.07) is 8.42. The summed E-state index contributed by atoms with van der Waals surface area (Å²) in [5.41, 5.74) is -1.28. The van der Waals surface area contributed by atoms with Gasteiger partial charge in [-0.25, -0.2) is 13.1 Å². The van der Waals surface area contributed by atoms with E-state index >= 15 is 0 Å². The van der Waals surface area contributed by atoms with Gasteiger partial charge < -0.3 is 14.8 Å². The summed E-state index contributed by atoms with van der Waals surface area (Å²) in [5, 5.41) is 2.68. The zero-order valence-corrected chi connectivity index (χ0v) is 16.9. The summed E-state index contributed by atoms with van der Waals surface area (Å²) in [7, 11) is -4.31. The zero-order chi connectivity index (χ0) is 22.2. The van der Waals surface area contributed by atoms with Crippen molar-refractivity contribution in [3.63, 3.8) is 0 Å². The molecular formula is C19H19F3N2O5S. The Morgan fingerprint density at radius 3 is 2.43 bits per heavy atom. The summed E-state index contributed by atoms with van der Waals surface area (Å²) in [6.07, 6.45) is -4.68. The lowest BCUT2D eigenvalue weighted by Gasteiger charge is -2.27. The highest BCUT2D eigenvalue weighted by Gasteiger charge is 2.32. The van der Waals surface area contributed by atoms with Gasteiger partial charge in [0.15, 0.2) is 11.5 Å². The third kappa shape index (κ3) is 4.85. The van der Waals surface area contributed by atoms with Crippen LogP contribution in [0.25, 0.3) is 0 Å². The number of halogens is 3. The van der Waals surface area contributed by atoms with Crippen molar-refractivity contribution in [2.75, 3.05) is 13.3 Å². The Bertz CT molecular complexity index is 1070. The van der Waals surface area contributed by atoms with Gasteiger partial charge in [-0.15, -0.1) is 0 Å². The predicted octanol–water partition coefficient (Wildman–Crippen LogP) is 2.76. The number of alkyl halides is 3. The highest BCUT2D eigenvalue weighted by molar-refractivity contribution is 7.89. The van der Waals surface area contributed by atoms with Crippen molar-refractivity contribution >= 4 is 15.9 Å². The fourth-order valence-corrected chi connectivity index (χ4v) is 3.86. The van der Waals surface area contributed by atoms with Crippen LogP contribution in [-0.4, -0.2) is 27.7 Å². The smallest absolute Gasteiger partial charge is 0.416 e. The van der Waals surface area contributed by atoms with Crippen LogP contribution in [0.3, 0.4) is 0 Å². The largest absolute Gasteiger partial charge is 0.454 e. The highest BCUT2D eigenvalue weighted by Crippen LogP contribution is 2.35. The van der Waals surface area contributed by atoms with Crippen LogP contribution in [0.4, 0.5) is 13.2 Å².